The Morgan fingerprint density at radius 3 is 2.95 bits per heavy atom. The van der Waals surface area contributed by atoms with Crippen LogP contribution in [0.4, 0.5) is 5.82 Å². The van der Waals surface area contributed by atoms with Crippen molar-refractivity contribution in [2.75, 3.05) is 18.9 Å². The first-order valence-corrected chi connectivity index (χ1v) is 7.46. The third kappa shape index (κ3) is 3.46. The van der Waals surface area contributed by atoms with Gasteiger partial charge in [-0.15, -0.1) is 11.3 Å². The number of carbonyl (C=O) groups is 1. The van der Waals surface area contributed by atoms with Crippen LogP contribution in [0.3, 0.4) is 0 Å². The van der Waals surface area contributed by atoms with E-state index >= 15 is 0 Å². The van der Waals surface area contributed by atoms with Crippen molar-refractivity contribution in [3.05, 3.63) is 39.4 Å². The van der Waals surface area contributed by atoms with E-state index < -0.39 is 0 Å². The van der Waals surface area contributed by atoms with Crippen LogP contribution >= 0.6 is 22.9 Å². The predicted octanol–water partition coefficient (Wildman–Crippen LogP) is 2.90. The summed E-state index contributed by atoms with van der Waals surface area (Å²) in [7, 11) is 1.71. The highest BCUT2D eigenvalue weighted by molar-refractivity contribution is 7.07. The molecule has 2 rings (SSSR count). The Morgan fingerprint density at radius 1 is 1.50 bits per heavy atom. The molecule has 2 aromatic heterocycles. The summed E-state index contributed by atoms with van der Waals surface area (Å²) in [4.78, 5) is 22.4. The molecule has 0 fully saturated rings. The molecule has 0 saturated carbocycles. The summed E-state index contributed by atoms with van der Waals surface area (Å²) in [6.45, 7) is 3.13. The zero-order chi connectivity index (χ0) is 14.5. The molecule has 0 bridgehead atoms. The van der Waals surface area contributed by atoms with E-state index in [9.17, 15) is 4.79 Å². The molecule has 106 valence electrons. The highest BCUT2D eigenvalue weighted by atomic mass is 35.5. The average molecular weight is 311 g/mol. The lowest BCUT2D eigenvalue weighted by atomic mass is 10.3. The highest BCUT2D eigenvalue weighted by Crippen LogP contribution is 2.19. The van der Waals surface area contributed by atoms with Crippen molar-refractivity contribution in [1.29, 1.82) is 0 Å². The second-order valence-corrected chi connectivity index (χ2v) is 5.32. The lowest BCUT2D eigenvalue weighted by molar-refractivity contribution is 0.0778. The SMILES string of the molecule is CCNc1ccc(Cl)c(C(=O)N(C)Cc2cscn2)n1. The zero-order valence-electron chi connectivity index (χ0n) is 11.3. The van der Waals surface area contributed by atoms with Crippen LogP contribution in [0.25, 0.3) is 0 Å². The first-order valence-electron chi connectivity index (χ1n) is 6.14. The minimum absolute atomic E-state index is 0.220. The molecule has 0 saturated heterocycles. The summed E-state index contributed by atoms with van der Waals surface area (Å²) in [6, 6.07) is 3.43. The van der Waals surface area contributed by atoms with Crippen LogP contribution in [-0.4, -0.2) is 34.4 Å². The van der Waals surface area contributed by atoms with Gasteiger partial charge in [0.05, 0.1) is 22.8 Å². The van der Waals surface area contributed by atoms with E-state index in [0.717, 1.165) is 12.2 Å². The van der Waals surface area contributed by atoms with Gasteiger partial charge in [0.2, 0.25) is 0 Å². The predicted molar refractivity (Wildman–Crippen MR) is 81.3 cm³/mol. The first kappa shape index (κ1) is 14.7. The molecular formula is C13H15ClN4OS. The first-order chi connectivity index (χ1) is 9.61. The van der Waals surface area contributed by atoms with Crippen LogP contribution in [0.5, 0.6) is 0 Å². The quantitative estimate of drug-likeness (QED) is 0.922. The summed E-state index contributed by atoms with van der Waals surface area (Å²) < 4.78 is 0. The van der Waals surface area contributed by atoms with E-state index in [2.05, 4.69) is 15.3 Å². The number of amides is 1. The standard InChI is InChI=1S/C13H15ClN4OS/c1-3-15-11-5-4-10(14)12(17-11)13(19)18(2)6-9-7-20-8-16-9/h4-5,7-8H,3,6H2,1-2H3,(H,15,17). The minimum atomic E-state index is -0.220. The molecule has 0 aromatic carbocycles. The molecule has 7 heteroatoms. The van der Waals surface area contributed by atoms with Gasteiger partial charge in [0.1, 0.15) is 11.5 Å². The third-order valence-corrected chi connectivity index (χ3v) is 3.58. The third-order valence-electron chi connectivity index (χ3n) is 2.64. The number of thiazole rings is 1. The topological polar surface area (TPSA) is 58.1 Å². The summed E-state index contributed by atoms with van der Waals surface area (Å²) in [6.07, 6.45) is 0. The van der Waals surface area contributed by atoms with Crippen molar-refractivity contribution in [3.8, 4) is 0 Å². The maximum atomic E-state index is 12.4. The van der Waals surface area contributed by atoms with Crippen LogP contribution in [0, 0.1) is 0 Å². The molecule has 0 aliphatic rings. The molecule has 2 aromatic rings. The van der Waals surface area contributed by atoms with Crippen LogP contribution in [0.15, 0.2) is 23.0 Å². The van der Waals surface area contributed by atoms with Gasteiger partial charge in [-0.2, -0.15) is 0 Å². The highest BCUT2D eigenvalue weighted by Gasteiger charge is 2.18. The maximum Gasteiger partial charge on any atom is 0.274 e. The van der Waals surface area contributed by atoms with Crippen molar-refractivity contribution in [1.82, 2.24) is 14.9 Å². The summed E-state index contributed by atoms with van der Waals surface area (Å²) >= 11 is 7.57. The summed E-state index contributed by atoms with van der Waals surface area (Å²) in [5.41, 5.74) is 2.85. The van der Waals surface area contributed by atoms with Gasteiger partial charge in [0.25, 0.3) is 5.91 Å². The summed E-state index contributed by atoms with van der Waals surface area (Å²) in [5, 5.41) is 5.32. The largest absolute Gasteiger partial charge is 0.370 e. The second-order valence-electron chi connectivity index (χ2n) is 4.20. The van der Waals surface area contributed by atoms with Gasteiger partial charge in [-0.1, -0.05) is 11.6 Å². The normalized spacial score (nSPS) is 10.3. The lowest BCUT2D eigenvalue weighted by Crippen LogP contribution is -2.27. The number of aromatic nitrogens is 2. The molecule has 20 heavy (non-hydrogen) atoms. The fraction of sp³-hybridized carbons (Fsp3) is 0.308. The Hall–Kier alpha value is -1.66. The molecule has 5 nitrogen and oxygen atoms in total. The number of halogens is 1. The van der Waals surface area contributed by atoms with Gasteiger partial charge < -0.3 is 10.2 Å². The number of nitrogens with one attached hydrogen (secondary N) is 1. The van der Waals surface area contributed by atoms with Crippen LogP contribution in [0.2, 0.25) is 5.02 Å². The molecule has 0 aliphatic heterocycles. The van der Waals surface area contributed by atoms with Crippen molar-refractivity contribution < 1.29 is 4.79 Å². The Labute approximate surface area is 126 Å². The number of anilines is 1. The molecular weight excluding hydrogens is 296 g/mol. The van der Waals surface area contributed by atoms with E-state index in [1.807, 2.05) is 12.3 Å². The molecule has 0 unspecified atom stereocenters. The van der Waals surface area contributed by atoms with E-state index in [4.69, 9.17) is 11.6 Å². The molecule has 1 amide bonds. The Morgan fingerprint density at radius 2 is 2.30 bits per heavy atom. The van der Waals surface area contributed by atoms with Gasteiger partial charge >= 0.3 is 0 Å². The average Bonchev–Trinajstić information content (AvgIpc) is 2.93. The number of pyridine rings is 1. The number of hydrogen-bond donors (Lipinski definition) is 1. The minimum Gasteiger partial charge on any atom is -0.370 e. The molecule has 0 radical (unpaired) electrons. The van der Waals surface area contributed by atoms with Crippen molar-refractivity contribution >= 4 is 34.7 Å². The van der Waals surface area contributed by atoms with E-state index in [1.54, 1.807) is 29.6 Å². The Bertz CT molecular complexity index is 588. The van der Waals surface area contributed by atoms with Crippen LogP contribution in [0.1, 0.15) is 23.1 Å². The van der Waals surface area contributed by atoms with Gasteiger partial charge in [-0.05, 0) is 19.1 Å². The zero-order valence-corrected chi connectivity index (χ0v) is 12.8. The molecule has 0 aliphatic carbocycles. The van der Waals surface area contributed by atoms with Gasteiger partial charge in [-0.3, -0.25) is 4.79 Å². The fourth-order valence-corrected chi connectivity index (χ4v) is 2.42. The fourth-order valence-electron chi connectivity index (χ4n) is 1.68. The number of rotatable bonds is 5. The number of carbonyl (C=O) groups excluding carboxylic acids is 1. The van der Waals surface area contributed by atoms with Gasteiger partial charge in [0, 0.05) is 19.0 Å². The van der Waals surface area contributed by atoms with Crippen LogP contribution in [-0.2, 0) is 6.54 Å². The lowest BCUT2D eigenvalue weighted by Gasteiger charge is -2.16. The summed E-state index contributed by atoms with van der Waals surface area (Å²) in [5.74, 6) is 0.421. The Balaban J connectivity index is 2.17. The van der Waals surface area contributed by atoms with Crippen molar-refractivity contribution in [2.24, 2.45) is 0 Å². The number of nitrogens with zero attached hydrogens (tertiary/aromatic N) is 3. The van der Waals surface area contributed by atoms with Gasteiger partial charge in [-0.25, -0.2) is 9.97 Å². The smallest absolute Gasteiger partial charge is 0.274 e. The van der Waals surface area contributed by atoms with E-state index in [1.165, 1.54) is 11.3 Å². The molecule has 2 heterocycles. The second kappa shape index (κ2) is 6.67. The monoisotopic (exact) mass is 310 g/mol. The number of hydrogen-bond acceptors (Lipinski definition) is 5. The van der Waals surface area contributed by atoms with E-state index in [-0.39, 0.29) is 11.6 Å². The molecule has 0 atom stereocenters. The van der Waals surface area contributed by atoms with E-state index in [0.29, 0.717) is 17.4 Å². The van der Waals surface area contributed by atoms with Crippen LogP contribution < -0.4 is 5.32 Å². The molecule has 0 spiro atoms. The van der Waals surface area contributed by atoms with Gasteiger partial charge in [0.15, 0.2) is 0 Å². The van der Waals surface area contributed by atoms with Crippen molar-refractivity contribution in [2.45, 2.75) is 13.5 Å². The Kier molecular flexibility index (Phi) is 4.92. The maximum absolute atomic E-state index is 12.4. The van der Waals surface area contributed by atoms with Crippen molar-refractivity contribution in [3.63, 3.8) is 0 Å². The molecule has 1 N–H and O–H groups in total.